The van der Waals surface area contributed by atoms with E-state index < -0.39 is 0 Å². The molecule has 5 nitrogen and oxygen atoms in total. The van der Waals surface area contributed by atoms with Crippen LogP contribution in [0.25, 0.3) is 27.3 Å². The van der Waals surface area contributed by atoms with Crippen LogP contribution in [0.1, 0.15) is 49.0 Å². The number of rotatable bonds is 2. The number of ether oxygens (including phenoxy) is 1. The van der Waals surface area contributed by atoms with Gasteiger partial charge in [-0.2, -0.15) is 4.40 Å². The van der Waals surface area contributed by atoms with E-state index in [1.807, 2.05) is 22.6 Å². The van der Waals surface area contributed by atoms with Crippen LogP contribution >= 0.6 is 0 Å². The number of nitrogens with zero attached hydrogens (tertiary/aromatic N) is 2. The number of fused-ring (bicyclic) bond motifs is 5. The molecule has 1 N–H and O–H groups in total. The van der Waals surface area contributed by atoms with Gasteiger partial charge >= 0.3 is 5.97 Å². The first-order chi connectivity index (χ1) is 14.6. The number of nitrogens with one attached hydrogen (secondary N) is 1. The van der Waals surface area contributed by atoms with Crippen LogP contribution in [0.2, 0.25) is 0 Å². The molecular weight excluding hydrogens is 374 g/mol. The van der Waals surface area contributed by atoms with E-state index in [-0.39, 0.29) is 11.5 Å². The van der Waals surface area contributed by atoms with Gasteiger partial charge in [0.05, 0.1) is 12.6 Å². The molecule has 4 aliphatic rings. The number of methoxy groups -OCH3 is 1. The molecule has 5 heteroatoms. The van der Waals surface area contributed by atoms with Gasteiger partial charge in [0.15, 0.2) is 5.52 Å². The van der Waals surface area contributed by atoms with Crippen LogP contribution in [0.4, 0.5) is 0 Å². The van der Waals surface area contributed by atoms with E-state index in [1.165, 1.54) is 45.6 Å². The average Bonchev–Trinajstić information content (AvgIpc) is 3.34. The summed E-state index contributed by atoms with van der Waals surface area (Å²) in [6.45, 7) is 0. The van der Waals surface area contributed by atoms with Crippen molar-refractivity contribution in [2.45, 2.75) is 44.1 Å². The first-order valence-corrected chi connectivity index (χ1v) is 11.2. The molecule has 4 saturated carbocycles. The van der Waals surface area contributed by atoms with Crippen molar-refractivity contribution in [3.8, 4) is 0 Å². The molecule has 4 fully saturated rings. The first kappa shape index (κ1) is 16.9. The summed E-state index contributed by atoms with van der Waals surface area (Å²) >= 11 is 0. The number of carbonyl (C=O) groups is 1. The number of aromatic amines is 1. The lowest BCUT2D eigenvalue weighted by atomic mass is 9.53. The lowest BCUT2D eigenvalue weighted by molar-refractivity contribution is -0.775. The van der Waals surface area contributed by atoms with Crippen molar-refractivity contribution in [3.63, 3.8) is 0 Å². The number of hydrogen-bond donors (Lipinski definition) is 1. The third kappa shape index (κ3) is 2.13. The predicted octanol–water partition coefficient (Wildman–Crippen LogP) is 4.57. The number of pyridine rings is 1. The Morgan fingerprint density at radius 1 is 1.10 bits per heavy atom. The number of aromatic nitrogens is 3. The summed E-state index contributed by atoms with van der Waals surface area (Å²) < 4.78 is 9.67. The summed E-state index contributed by atoms with van der Waals surface area (Å²) in [5.74, 6) is 2.33. The number of H-pyrrole nitrogens is 1. The Labute approximate surface area is 174 Å². The molecule has 3 aromatic heterocycles. The summed E-state index contributed by atoms with van der Waals surface area (Å²) in [6.07, 6.45) is 12.6. The third-order valence-electron chi connectivity index (χ3n) is 8.25. The summed E-state index contributed by atoms with van der Waals surface area (Å²) in [5.41, 5.74) is 4.05. The topological polar surface area (TPSA) is 50.4 Å². The van der Waals surface area contributed by atoms with E-state index in [9.17, 15) is 4.79 Å². The van der Waals surface area contributed by atoms with E-state index in [2.05, 4.69) is 34.2 Å². The monoisotopic (exact) mass is 400 g/mol. The van der Waals surface area contributed by atoms with Crippen LogP contribution in [0.3, 0.4) is 0 Å². The molecule has 0 unspecified atom stereocenters. The van der Waals surface area contributed by atoms with Crippen LogP contribution in [-0.4, -0.2) is 22.5 Å². The molecular formula is C25H26N3O2+. The predicted molar refractivity (Wildman–Crippen MR) is 114 cm³/mol. The molecule has 30 heavy (non-hydrogen) atoms. The minimum atomic E-state index is -0.291. The van der Waals surface area contributed by atoms with Crippen LogP contribution in [-0.2, 0) is 10.3 Å². The third-order valence-corrected chi connectivity index (χ3v) is 8.25. The second kappa shape index (κ2) is 5.65. The largest absolute Gasteiger partial charge is 0.463 e. The minimum Gasteiger partial charge on any atom is -0.463 e. The highest BCUT2D eigenvalue weighted by Crippen LogP contribution is 2.57. The van der Waals surface area contributed by atoms with E-state index >= 15 is 0 Å². The highest BCUT2D eigenvalue weighted by atomic mass is 16.5. The van der Waals surface area contributed by atoms with Gasteiger partial charge in [-0.3, -0.25) is 0 Å². The van der Waals surface area contributed by atoms with Gasteiger partial charge in [0.2, 0.25) is 12.0 Å². The molecule has 152 valence electrons. The number of carbonyl (C=O) groups excluding carboxylic acids is 1. The number of esters is 1. The molecule has 0 amide bonds. The summed E-state index contributed by atoms with van der Waals surface area (Å²) in [7, 11) is 1.46. The first-order valence-electron chi connectivity index (χ1n) is 11.2. The van der Waals surface area contributed by atoms with Crippen molar-refractivity contribution in [1.82, 2.24) is 9.38 Å². The zero-order valence-electron chi connectivity index (χ0n) is 17.2. The van der Waals surface area contributed by atoms with Crippen molar-refractivity contribution in [1.29, 1.82) is 0 Å². The second-order valence-corrected chi connectivity index (χ2v) is 10.0. The van der Waals surface area contributed by atoms with Crippen LogP contribution in [0, 0.1) is 17.8 Å². The second-order valence-electron chi connectivity index (χ2n) is 10.0. The van der Waals surface area contributed by atoms with Crippen molar-refractivity contribution < 1.29 is 14.1 Å². The molecule has 0 atom stereocenters. The standard InChI is InChI=1S/C25H25N3O2/c1-30-24(29)21-9-19-18-4-2-3-5-20(18)26-23(19)22-13-27(14-28(21)22)25-10-15-6-16(11-25)8-17(7-15)12-25/h2-5,9,13-17H,6-8,10-12H2,1H3/p+1. The molecule has 4 bridgehead atoms. The smallest absolute Gasteiger partial charge is 0.378 e. The molecule has 1 aromatic carbocycles. The van der Waals surface area contributed by atoms with Crippen molar-refractivity contribution >= 4 is 33.3 Å². The highest BCUT2D eigenvalue weighted by molar-refractivity contribution is 6.13. The van der Waals surface area contributed by atoms with Crippen molar-refractivity contribution in [2.24, 2.45) is 17.8 Å². The molecule has 4 aliphatic carbocycles. The normalized spacial score (nSPS) is 30.0. The maximum atomic E-state index is 12.7. The van der Waals surface area contributed by atoms with Gasteiger partial charge in [-0.1, -0.05) is 18.2 Å². The van der Waals surface area contributed by atoms with E-state index in [0.29, 0.717) is 5.69 Å². The van der Waals surface area contributed by atoms with Crippen molar-refractivity contribution in [3.05, 3.63) is 48.5 Å². The van der Waals surface area contributed by atoms with Gasteiger partial charge < -0.3 is 9.72 Å². The fourth-order valence-corrected chi connectivity index (χ4v) is 7.42. The Morgan fingerprint density at radius 3 is 2.50 bits per heavy atom. The lowest BCUT2D eigenvalue weighted by Crippen LogP contribution is -2.64. The zero-order chi connectivity index (χ0) is 20.0. The quantitative estimate of drug-likeness (QED) is 0.396. The van der Waals surface area contributed by atoms with Crippen LogP contribution in [0.5, 0.6) is 0 Å². The summed E-state index contributed by atoms with van der Waals surface area (Å²) in [6, 6.07) is 10.3. The van der Waals surface area contributed by atoms with E-state index in [0.717, 1.165) is 45.1 Å². The number of imidazole rings is 1. The number of para-hydroxylation sites is 1. The van der Waals surface area contributed by atoms with Gasteiger partial charge in [0, 0.05) is 22.4 Å². The molecule has 0 spiro atoms. The molecule has 0 aliphatic heterocycles. The number of hydrogen-bond acceptors (Lipinski definition) is 2. The fourth-order valence-electron chi connectivity index (χ4n) is 7.42. The fraction of sp³-hybridized carbons (Fsp3) is 0.440. The maximum Gasteiger partial charge on any atom is 0.378 e. The van der Waals surface area contributed by atoms with Crippen molar-refractivity contribution in [2.75, 3.05) is 7.11 Å². The van der Waals surface area contributed by atoms with E-state index in [1.54, 1.807) is 0 Å². The molecule has 4 aromatic rings. The van der Waals surface area contributed by atoms with Gasteiger partial charge in [-0.25, -0.2) is 9.36 Å². The van der Waals surface area contributed by atoms with Gasteiger partial charge in [0.25, 0.3) is 0 Å². The van der Waals surface area contributed by atoms with E-state index in [4.69, 9.17) is 4.74 Å². The molecule has 8 rings (SSSR count). The lowest BCUT2D eigenvalue weighted by Gasteiger charge is -2.54. The SMILES string of the molecule is COC(=O)c1cc2c3ccccc3[nH]c2c2c[n+](C34CC5CC(CC(C5)C3)C4)cn12. The average molecular weight is 401 g/mol. The Kier molecular flexibility index (Phi) is 3.19. The molecule has 0 saturated heterocycles. The summed E-state index contributed by atoms with van der Waals surface area (Å²) in [5, 5.41) is 2.22. The molecule has 3 heterocycles. The minimum absolute atomic E-state index is 0.215. The van der Waals surface area contributed by atoms with Gasteiger partial charge in [-0.05, 0) is 62.3 Å². The Morgan fingerprint density at radius 2 is 1.80 bits per heavy atom. The molecule has 0 radical (unpaired) electrons. The van der Waals surface area contributed by atoms with Crippen LogP contribution < -0.4 is 4.57 Å². The maximum absolute atomic E-state index is 12.7. The highest BCUT2D eigenvalue weighted by Gasteiger charge is 2.54. The zero-order valence-corrected chi connectivity index (χ0v) is 17.2. The van der Waals surface area contributed by atoms with Gasteiger partial charge in [-0.15, -0.1) is 0 Å². The number of benzene rings is 1. The Hall–Kier alpha value is -2.82. The van der Waals surface area contributed by atoms with Crippen LogP contribution in [0.15, 0.2) is 42.9 Å². The summed E-state index contributed by atoms with van der Waals surface area (Å²) in [4.78, 5) is 16.3. The van der Waals surface area contributed by atoms with Gasteiger partial charge in [0.1, 0.15) is 11.7 Å². The Balaban J connectivity index is 1.51. The Bertz CT molecular complexity index is 1310.